The fourth-order valence-corrected chi connectivity index (χ4v) is 3.10. The molecule has 0 aliphatic carbocycles. The van der Waals surface area contributed by atoms with Crippen molar-refractivity contribution in [3.8, 4) is 11.4 Å². The molecule has 134 valence electrons. The molecular formula is C18H17FN4O3. The Labute approximate surface area is 148 Å². The minimum atomic E-state index is -1.88. The van der Waals surface area contributed by atoms with Gasteiger partial charge in [-0.2, -0.15) is 4.98 Å². The largest absolute Gasteiger partial charge is 0.361 e. The summed E-state index contributed by atoms with van der Waals surface area (Å²) < 4.78 is 25.7. The molecular weight excluding hydrogens is 339 g/mol. The number of nitrogens with zero attached hydrogens (tertiary/aromatic N) is 4. The van der Waals surface area contributed by atoms with E-state index in [1.165, 1.54) is 11.0 Å². The van der Waals surface area contributed by atoms with Crippen LogP contribution in [-0.4, -0.2) is 39.2 Å². The Kier molecular flexibility index (Phi) is 4.02. The average Bonchev–Trinajstić information content (AvgIpc) is 3.32. The van der Waals surface area contributed by atoms with Crippen molar-refractivity contribution in [3.63, 3.8) is 0 Å². The molecule has 8 heteroatoms. The molecule has 2 aromatic heterocycles. The summed E-state index contributed by atoms with van der Waals surface area (Å²) in [6, 6.07) is 10.7. The predicted molar refractivity (Wildman–Crippen MR) is 88.9 cm³/mol. The van der Waals surface area contributed by atoms with Crippen molar-refractivity contribution in [2.24, 2.45) is 0 Å². The summed E-state index contributed by atoms with van der Waals surface area (Å²) in [7, 11) is 0. The lowest BCUT2D eigenvalue weighted by Gasteiger charge is -2.34. The molecule has 1 amide bonds. The molecule has 0 bridgehead atoms. The van der Waals surface area contributed by atoms with Gasteiger partial charge in [0.25, 0.3) is 11.8 Å². The van der Waals surface area contributed by atoms with E-state index in [0.29, 0.717) is 24.6 Å². The highest BCUT2D eigenvalue weighted by Crippen LogP contribution is 2.36. The zero-order chi connectivity index (χ0) is 18.1. The first-order chi connectivity index (χ1) is 12.5. The number of hydrogen-bond acceptors (Lipinski definition) is 6. The normalized spacial score (nSPS) is 20.3. The Morgan fingerprint density at radius 3 is 2.77 bits per heavy atom. The molecule has 7 nitrogen and oxygen atoms in total. The van der Waals surface area contributed by atoms with Crippen LogP contribution < -0.4 is 0 Å². The van der Waals surface area contributed by atoms with Gasteiger partial charge in [0.1, 0.15) is 5.76 Å². The van der Waals surface area contributed by atoms with E-state index in [1.54, 1.807) is 6.92 Å². The van der Waals surface area contributed by atoms with E-state index in [2.05, 4.69) is 15.3 Å². The molecule has 26 heavy (non-hydrogen) atoms. The zero-order valence-corrected chi connectivity index (χ0v) is 14.2. The number of likely N-dealkylation sites (tertiary alicyclic amines) is 1. The number of hydrogen-bond donors (Lipinski definition) is 0. The van der Waals surface area contributed by atoms with Gasteiger partial charge in [0.15, 0.2) is 5.69 Å². The monoisotopic (exact) mass is 356 g/mol. The van der Waals surface area contributed by atoms with Gasteiger partial charge in [-0.15, -0.1) is 0 Å². The summed E-state index contributed by atoms with van der Waals surface area (Å²) >= 11 is 0. The van der Waals surface area contributed by atoms with Crippen LogP contribution in [-0.2, 0) is 5.67 Å². The third kappa shape index (κ3) is 2.98. The van der Waals surface area contributed by atoms with Crippen LogP contribution in [0.4, 0.5) is 4.39 Å². The molecule has 0 saturated carbocycles. The predicted octanol–water partition coefficient (Wildman–Crippen LogP) is 3.13. The van der Waals surface area contributed by atoms with Crippen LogP contribution in [0.25, 0.3) is 11.4 Å². The minimum Gasteiger partial charge on any atom is -0.361 e. The van der Waals surface area contributed by atoms with Crippen LogP contribution in [0.15, 0.2) is 45.4 Å². The second kappa shape index (κ2) is 6.36. The molecule has 1 unspecified atom stereocenters. The molecule has 3 aromatic rings. The highest BCUT2D eigenvalue weighted by atomic mass is 19.1. The Morgan fingerprint density at radius 2 is 2.04 bits per heavy atom. The maximum Gasteiger partial charge on any atom is 0.276 e. The van der Waals surface area contributed by atoms with E-state index >= 15 is 4.39 Å². The van der Waals surface area contributed by atoms with Crippen molar-refractivity contribution in [2.75, 3.05) is 13.1 Å². The summed E-state index contributed by atoms with van der Waals surface area (Å²) in [5.74, 6) is 0.381. The van der Waals surface area contributed by atoms with Crippen molar-refractivity contribution in [1.82, 2.24) is 20.2 Å². The van der Waals surface area contributed by atoms with Gasteiger partial charge in [0.05, 0.1) is 6.54 Å². The smallest absolute Gasteiger partial charge is 0.276 e. The number of halogens is 1. The summed E-state index contributed by atoms with van der Waals surface area (Å²) in [5.41, 5.74) is -0.970. The van der Waals surface area contributed by atoms with Crippen molar-refractivity contribution < 1.29 is 18.2 Å². The molecule has 0 N–H and O–H groups in total. The Hall–Kier alpha value is -3.03. The van der Waals surface area contributed by atoms with Crippen LogP contribution in [0.5, 0.6) is 0 Å². The molecule has 0 spiro atoms. The van der Waals surface area contributed by atoms with Crippen molar-refractivity contribution >= 4 is 5.91 Å². The number of carbonyl (C=O) groups is 1. The number of aryl methyl sites for hydroxylation is 1. The Morgan fingerprint density at radius 1 is 1.23 bits per heavy atom. The van der Waals surface area contributed by atoms with Crippen molar-refractivity contribution in [2.45, 2.75) is 25.4 Å². The van der Waals surface area contributed by atoms with Gasteiger partial charge in [-0.25, -0.2) is 4.39 Å². The quantitative estimate of drug-likeness (QED) is 0.717. The molecule has 1 saturated heterocycles. The lowest BCUT2D eigenvalue weighted by Crippen LogP contribution is -2.46. The lowest BCUT2D eigenvalue weighted by molar-refractivity contribution is 0.0147. The van der Waals surface area contributed by atoms with Crippen molar-refractivity contribution in [1.29, 1.82) is 0 Å². The topological polar surface area (TPSA) is 85.3 Å². The van der Waals surface area contributed by atoms with E-state index in [1.807, 2.05) is 30.3 Å². The first-order valence-corrected chi connectivity index (χ1v) is 8.36. The van der Waals surface area contributed by atoms with Gasteiger partial charge in [0.2, 0.25) is 11.5 Å². The maximum atomic E-state index is 15.5. The first-order valence-electron chi connectivity index (χ1n) is 8.36. The van der Waals surface area contributed by atoms with Gasteiger partial charge >= 0.3 is 0 Å². The van der Waals surface area contributed by atoms with Gasteiger partial charge in [0, 0.05) is 18.2 Å². The van der Waals surface area contributed by atoms with E-state index in [4.69, 9.17) is 9.05 Å². The van der Waals surface area contributed by atoms with E-state index in [9.17, 15) is 4.79 Å². The lowest BCUT2D eigenvalue weighted by atomic mass is 9.94. The molecule has 4 rings (SSSR count). The van der Waals surface area contributed by atoms with E-state index < -0.39 is 5.67 Å². The average molecular weight is 356 g/mol. The van der Waals surface area contributed by atoms with Crippen LogP contribution >= 0.6 is 0 Å². The highest BCUT2D eigenvalue weighted by Gasteiger charge is 2.44. The Bertz CT molecular complexity index is 923. The van der Waals surface area contributed by atoms with Gasteiger partial charge in [-0.05, 0) is 19.8 Å². The molecule has 0 radical (unpaired) electrons. The first kappa shape index (κ1) is 16.4. The number of alkyl halides is 1. The van der Waals surface area contributed by atoms with Crippen molar-refractivity contribution in [3.05, 3.63) is 53.7 Å². The summed E-state index contributed by atoms with van der Waals surface area (Å²) in [6.45, 7) is 1.98. The highest BCUT2D eigenvalue weighted by molar-refractivity contribution is 5.92. The summed E-state index contributed by atoms with van der Waals surface area (Å²) in [6.07, 6.45) is 0.702. The number of aromatic nitrogens is 3. The van der Waals surface area contributed by atoms with Gasteiger partial charge in [-0.1, -0.05) is 40.6 Å². The van der Waals surface area contributed by atoms with Crippen LogP contribution in [0.1, 0.15) is 35.0 Å². The van der Waals surface area contributed by atoms with Gasteiger partial charge in [-0.3, -0.25) is 4.79 Å². The fourth-order valence-electron chi connectivity index (χ4n) is 3.10. The van der Waals surface area contributed by atoms with Crippen LogP contribution in [0, 0.1) is 6.92 Å². The second-order valence-electron chi connectivity index (χ2n) is 6.41. The third-order valence-electron chi connectivity index (χ3n) is 4.42. The molecule has 1 fully saturated rings. The second-order valence-corrected chi connectivity index (χ2v) is 6.41. The fraction of sp³-hybridized carbons (Fsp3) is 0.333. The van der Waals surface area contributed by atoms with Crippen LogP contribution in [0.3, 0.4) is 0 Å². The van der Waals surface area contributed by atoms with E-state index in [-0.39, 0.29) is 30.5 Å². The summed E-state index contributed by atoms with van der Waals surface area (Å²) in [4.78, 5) is 18.2. The molecule has 1 aliphatic rings. The number of piperidine rings is 1. The van der Waals surface area contributed by atoms with E-state index in [0.717, 1.165) is 5.56 Å². The molecule has 1 aromatic carbocycles. The SMILES string of the molecule is Cc1cc(C(=O)N2CCCC(F)(c3nc(-c4ccccc4)no3)C2)no1. The minimum absolute atomic E-state index is 0.106. The third-order valence-corrected chi connectivity index (χ3v) is 4.42. The number of benzene rings is 1. The molecule has 3 heterocycles. The Balaban J connectivity index is 1.56. The number of amides is 1. The standard InChI is InChI=1S/C18H17FN4O3/c1-12-10-14(21-25-12)16(24)23-9-5-8-18(19,11-23)17-20-15(22-26-17)13-6-3-2-4-7-13/h2-4,6-7,10H,5,8-9,11H2,1H3. The van der Waals surface area contributed by atoms with Gasteiger partial charge < -0.3 is 13.9 Å². The molecule has 1 aliphatic heterocycles. The zero-order valence-electron chi connectivity index (χ0n) is 14.2. The number of carbonyl (C=O) groups excluding carboxylic acids is 1. The molecule has 1 atom stereocenters. The number of rotatable bonds is 3. The summed E-state index contributed by atoms with van der Waals surface area (Å²) in [5, 5.41) is 7.60. The van der Waals surface area contributed by atoms with Crippen LogP contribution in [0.2, 0.25) is 0 Å². The maximum absolute atomic E-state index is 15.5.